The molecule has 1 aliphatic carbocycles. The van der Waals surface area contributed by atoms with Gasteiger partial charge in [-0.25, -0.2) is 13.2 Å². The van der Waals surface area contributed by atoms with Crippen molar-refractivity contribution >= 4 is 32.5 Å². The van der Waals surface area contributed by atoms with Crippen molar-refractivity contribution in [2.75, 3.05) is 10.8 Å². The van der Waals surface area contributed by atoms with Crippen LogP contribution in [0.2, 0.25) is 0 Å². The standard InChI is InChI=1S/C22H21NO4S/c1-2-14-23(19-9-4-3-7-17(19)22(24)25)28(26,27)20-13-12-16-11-10-15-6-5-8-18(20)21(15)16/h3-9,12-13H,2,10-11,14H2,1H3,(H,24,25). The summed E-state index contributed by atoms with van der Waals surface area (Å²) in [5.74, 6) is -1.15. The molecule has 3 aromatic rings. The van der Waals surface area contributed by atoms with Crippen molar-refractivity contribution in [2.45, 2.75) is 31.1 Å². The Hall–Kier alpha value is -2.86. The van der Waals surface area contributed by atoms with Crippen molar-refractivity contribution in [1.82, 2.24) is 0 Å². The van der Waals surface area contributed by atoms with Crippen molar-refractivity contribution < 1.29 is 18.3 Å². The zero-order chi connectivity index (χ0) is 19.9. The Kier molecular flexibility index (Phi) is 4.59. The lowest BCUT2D eigenvalue weighted by Crippen LogP contribution is -2.33. The van der Waals surface area contributed by atoms with Crippen LogP contribution in [0.5, 0.6) is 0 Å². The molecule has 28 heavy (non-hydrogen) atoms. The topological polar surface area (TPSA) is 74.7 Å². The third kappa shape index (κ3) is 2.85. The highest BCUT2D eigenvalue weighted by molar-refractivity contribution is 7.93. The van der Waals surface area contributed by atoms with Gasteiger partial charge in [0.2, 0.25) is 0 Å². The van der Waals surface area contributed by atoms with Crippen LogP contribution in [-0.4, -0.2) is 26.0 Å². The first-order valence-electron chi connectivity index (χ1n) is 9.33. The van der Waals surface area contributed by atoms with Gasteiger partial charge in [0.05, 0.1) is 16.1 Å². The first-order chi connectivity index (χ1) is 13.4. The van der Waals surface area contributed by atoms with E-state index in [1.807, 2.05) is 31.2 Å². The van der Waals surface area contributed by atoms with Gasteiger partial charge >= 0.3 is 5.97 Å². The molecule has 0 atom stereocenters. The number of anilines is 1. The normalized spacial score (nSPS) is 13.0. The van der Waals surface area contributed by atoms with Gasteiger partial charge in [0.1, 0.15) is 0 Å². The lowest BCUT2D eigenvalue weighted by atomic mass is 10.1. The number of para-hydroxylation sites is 1. The van der Waals surface area contributed by atoms with E-state index in [-0.39, 0.29) is 22.7 Å². The second-order valence-corrected chi connectivity index (χ2v) is 8.79. The molecule has 0 aliphatic heterocycles. The number of rotatable bonds is 6. The van der Waals surface area contributed by atoms with E-state index in [1.165, 1.54) is 10.4 Å². The summed E-state index contributed by atoms with van der Waals surface area (Å²) in [4.78, 5) is 11.9. The summed E-state index contributed by atoms with van der Waals surface area (Å²) in [5.41, 5.74) is 2.50. The van der Waals surface area contributed by atoms with E-state index >= 15 is 0 Å². The van der Waals surface area contributed by atoms with E-state index in [4.69, 9.17) is 0 Å². The van der Waals surface area contributed by atoms with Crippen molar-refractivity contribution in [3.8, 4) is 0 Å². The Bertz CT molecular complexity index is 1170. The first-order valence-corrected chi connectivity index (χ1v) is 10.8. The SMILES string of the molecule is CCCN(c1ccccc1C(=O)O)S(=O)(=O)c1ccc2c3c(cccc13)CC2. The molecule has 3 aromatic carbocycles. The molecule has 0 spiro atoms. The second kappa shape index (κ2) is 6.95. The molecule has 5 nitrogen and oxygen atoms in total. The maximum Gasteiger partial charge on any atom is 0.337 e. The first kappa shape index (κ1) is 18.5. The molecule has 0 saturated heterocycles. The van der Waals surface area contributed by atoms with Crippen LogP contribution in [0.25, 0.3) is 10.8 Å². The van der Waals surface area contributed by atoms with Gasteiger partial charge in [-0.2, -0.15) is 0 Å². The molecular formula is C22H21NO4S. The largest absolute Gasteiger partial charge is 0.478 e. The third-order valence-corrected chi connectivity index (χ3v) is 7.11. The Morgan fingerprint density at radius 2 is 1.71 bits per heavy atom. The van der Waals surface area contributed by atoms with Gasteiger partial charge in [-0.3, -0.25) is 4.31 Å². The fourth-order valence-corrected chi connectivity index (χ4v) is 5.78. The molecule has 0 saturated carbocycles. The van der Waals surface area contributed by atoms with Gasteiger partial charge in [-0.05, 0) is 54.0 Å². The molecule has 0 fully saturated rings. The number of aryl methyl sites for hydroxylation is 2. The Labute approximate surface area is 164 Å². The highest BCUT2D eigenvalue weighted by Crippen LogP contribution is 2.37. The van der Waals surface area contributed by atoms with E-state index in [1.54, 1.807) is 24.3 Å². The van der Waals surface area contributed by atoms with Crippen molar-refractivity contribution in [1.29, 1.82) is 0 Å². The summed E-state index contributed by atoms with van der Waals surface area (Å²) in [6, 6.07) is 15.6. The molecule has 1 aliphatic rings. The minimum absolute atomic E-state index is 0.0227. The van der Waals surface area contributed by atoms with Crippen LogP contribution in [0.15, 0.2) is 59.5 Å². The zero-order valence-electron chi connectivity index (χ0n) is 15.6. The predicted molar refractivity (Wildman–Crippen MR) is 110 cm³/mol. The molecule has 0 aromatic heterocycles. The van der Waals surface area contributed by atoms with Gasteiger partial charge in [-0.15, -0.1) is 0 Å². The summed E-state index contributed by atoms with van der Waals surface area (Å²) in [6.45, 7) is 2.08. The van der Waals surface area contributed by atoms with Crippen molar-refractivity contribution in [3.05, 3.63) is 71.3 Å². The molecule has 0 unspecified atom stereocenters. The average Bonchev–Trinajstić information content (AvgIpc) is 3.11. The van der Waals surface area contributed by atoms with E-state index in [9.17, 15) is 18.3 Å². The molecular weight excluding hydrogens is 374 g/mol. The molecule has 1 N–H and O–H groups in total. The van der Waals surface area contributed by atoms with Crippen molar-refractivity contribution in [3.63, 3.8) is 0 Å². The second-order valence-electron chi connectivity index (χ2n) is 6.96. The van der Waals surface area contributed by atoms with Crippen molar-refractivity contribution in [2.24, 2.45) is 0 Å². The number of hydrogen-bond acceptors (Lipinski definition) is 3. The van der Waals surface area contributed by atoms with Crippen LogP contribution in [0.3, 0.4) is 0 Å². The van der Waals surface area contributed by atoms with Gasteiger partial charge in [-0.1, -0.05) is 43.3 Å². The van der Waals surface area contributed by atoms with Crippen LogP contribution in [0.4, 0.5) is 5.69 Å². The van der Waals surface area contributed by atoms with Gasteiger partial charge in [0, 0.05) is 11.9 Å². The predicted octanol–water partition coefficient (Wildman–Crippen LogP) is 4.24. The lowest BCUT2D eigenvalue weighted by molar-refractivity contribution is 0.0697. The summed E-state index contributed by atoms with van der Waals surface area (Å²) < 4.78 is 28.6. The number of sulfonamides is 1. The Morgan fingerprint density at radius 3 is 2.43 bits per heavy atom. The molecule has 4 rings (SSSR count). The minimum Gasteiger partial charge on any atom is -0.478 e. The smallest absolute Gasteiger partial charge is 0.337 e. The summed E-state index contributed by atoms with van der Waals surface area (Å²) in [6.07, 6.45) is 2.39. The van der Waals surface area contributed by atoms with E-state index in [0.29, 0.717) is 11.8 Å². The number of aromatic carboxylic acids is 1. The maximum atomic E-state index is 13.7. The zero-order valence-corrected chi connectivity index (χ0v) is 16.4. The van der Waals surface area contributed by atoms with Crippen LogP contribution in [0.1, 0.15) is 34.8 Å². The number of carboxylic acid groups (broad SMARTS) is 1. The summed E-state index contributed by atoms with van der Waals surface area (Å²) >= 11 is 0. The van der Waals surface area contributed by atoms with Crippen LogP contribution in [0, 0.1) is 0 Å². The van der Waals surface area contributed by atoms with Crippen LogP contribution in [-0.2, 0) is 22.9 Å². The molecule has 0 bridgehead atoms. The number of hydrogen-bond donors (Lipinski definition) is 1. The molecule has 0 radical (unpaired) electrons. The minimum atomic E-state index is -3.93. The van der Waals surface area contributed by atoms with E-state index in [2.05, 4.69) is 0 Å². The Balaban J connectivity index is 1.95. The fourth-order valence-electron chi connectivity index (χ4n) is 4.01. The molecule has 144 valence electrons. The number of carbonyl (C=O) groups is 1. The molecule has 0 amide bonds. The number of benzene rings is 3. The number of nitrogens with zero attached hydrogens (tertiary/aromatic N) is 1. The molecule has 6 heteroatoms. The fraction of sp³-hybridized carbons (Fsp3) is 0.227. The summed E-state index contributed by atoms with van der Waals surface area (Å²) in [5, 5.41) is 11.3. The maximum absolute atomic E-state index is 13.7. The highest BCUT2D eigenvalue weighted by Gasteiger charge is 2.30. The summed E-state index contributed by atoms with van der Waals surface area (Å²) in [7, 11) is -3.93. The van der Waals surface area contributed by atoms with E-state index in [0.717, 1.165) is 29.4 Å². The number of carboxylic acids is 1. The molecule has 0 heterocycles. The van der Waals surface area contributed by atoms with Gasteiger partial charge in [0.25, 0.3) is 10.0 Å². The van der Waals surface area contributed by atoms with E-state index < -0.39 is 16.0 Å². The van der Waals surface area contributed by atoms with Gasteiger partial charge in [0.15, 0.2) is 0 Å². The van der Waals surface area contributed by atoms with Gasteiger partial charge < -0.3 is 5.11 Å². The third-order valence-electron chi connectivity index (χ3n) is 5.23. The average molecular weight is 395 g/mol. The monoisotopic (exact) mass is 395 g/mol. The highest BCUT2D eigenvalue weighted by atomic mass is 32.2. The van der Waals surface area contributed by atoms with Crippen LogP contribution < -0.4 is 4.31 Å². The lowest BCUT2D eigenvalue weighted by Gasteiger charge is -2.26. The quantitative estimate of drug-likeness (QED) is 0.677. The Morgan fingerprint density at radius 1 is 1.00 bits per heavy atom. The van der Waals surface area contributed by atoms with Crippen LogP contribution >= 0.6 is 0 Å².